The molecular formula is C16H32O7Si. The van der Waals surface area contributed by atoms with Crippen molar-refractivity contribution < 1.29 is 33.0 Å². The van der Waals surface area contributed by atoms with Crippen LogP contribution < -0.4 is 0 Å². The Bertz CT molecular complexity index is 376. The highest BCUT2D eigenvalue weighted by molar-refractivity contribution is 6.64. The number of hydrogen-bond donors (Lipinski definition) is 2. The summed E-state index contributed by atoms with van der Waals surface area (Å²) in [6, 6.07) is 0. The molecule has 0 aromatic rings. The van der Waals surface area contributed by atoms with Gasteiger partial charge in [-0.3, -0.25) is 0 Å². The second-order valence-electron chi connectivity index (χ2n) is 6.27. The van der Waals surface area contributed by atoms with Gasteiger partial charge < -0.3 is 33.0 Å². The molecule has 0 saturated carbocycles. The van der Waals surface area contributed by atoms with E-state index >= 15 is 0 Å². The normalized spacial score (nSPS) is 22.9. The van der Waals surface area contributed by atoms with E-state index in [2.05, 4.69) is 6.58 Å². The van der Waals surface area contributed by atoms with Crippen molar-refractivity contribution in [2.75, 3.05) is 41.2 Å². The van der Waals surface area contributed by atoms with Gasteiger partial charge in [0.1, 0.15) is 11.3 Å². The van der Waals surface area contributed by atoms with E-state index in [9.17, 15) is 5.11 Å². The smallest absolute Gasteiger partial charge is 0.394 e. The molecule has 1 rings (SSSR count). The van der Waals surface area contributed by atoms with Crippen LogP contribution in [-0.2, 0) is 22.8 Å². The van der Waals surface area contributed by atoms with Crippen LogP contribution in [0.25, 0.3) is 0 Å². The predicted octanol–water partition coefficient (Wildman–Crippen LogP) is 0.759. The summed E-state index contributed by atoms with van der Waals surface area (Å²) < 4.78 is 29.1. The second kappa shape index (κ2) is 9.40. The Morgan fingerprint density at radius 1 is 1.29 bits per heavy atom. The van der Waals surface area contributed by atoms with Crippen LogP contribution in [0.5, 0.6) is 0 Å². The van der Waals surface area contributed by atoms with Crippen molar-refractivity contribution in [3.05, 3.63) is 12.7 Å². The number of aliphatic hydroxyl groups excluding tert-OH is 2. The number of aliphatic hydroxyl groups is 2. The molecule has 24 heavy (non-hydrogen) atoms. The van der Waals surface area contributed by atoms with Gasteiger partial charge in [-0.2, -0.15) is 0 Å². The van der Waals surface area contributed by atoms with E-state index in [-0.39, 0.29) is 31.2 Å². The van der Waals surface area contributed by atoms with Crippen molar-refractivity contribution in [3.8, 4) is 0 Å². The maximum Gasteiger partial charge on any atom is 0.534 e. The summed E-state index contributed by atoms with van der Waals surface area (Å²) in [6.45, 7) is 8.03. The van der Waals surface area contributed by atoms with Crippen LogP contribution in [0.1, 0.15) is 20.3 Å². The molecule has 0 spiro atoms. The fraction of sp³-hybridized carbons (Fsp3) is 0.875. The zero-order chi connectivity index (χ0) is 18.4. The van der Waals surface area contributed by atoms with Gasteiger partial charge in [0.25, 0.3) is 0 Å². The fourth-order valence-corrected chi connectivity index (χ4v) is 6.64. The molecule has 0 amide bonds. The van der Waals surface area contributed by atoms with Gasteiger partial charge in [0.05, 0.1) is 25.9 Å². The molecule has 0 aromatic heterocycles. The summed E-state index contributed by atoms with van der Waals surface area (Å²) in [5.41, 5.74) is 0. The Balaban J connectivity index is 3.39. The molecule has 0 aliphatic carbocycles. The largest absolute Gasteiger partial charge is 0.534 e. The Labute approximate surface area is 145 Å². The summed E-state index contributed by atoms with van der Waals surface area (Å²) in [5.74, 6) is -0.156. The first-order valence-electron chi connectivity index (χ1n) is 8.19. The van der Waals surface area contributed by atoms with Crippen molar-refractivity contribution in [2.24, 2.45) is 11.8 Å². The monoisotopic (exact) mass is 364 g/mol. The van der Waals surface area contributed by atoms with E-state index < -0.39 is 20.1 Å². The third-order valence-corrected chi connectivity index (χ3v) is 8.31. The lowest BCUT2D eigenvalue weighted by atomic mass is 9.86. The second-order valence-corrected chi connectivity index (χ2v) is 9.39. The van der Waals surface area contributed by atoms with Gasteiger partial charge in [-0.15, -0.1) is 6.58 Å². The van der Waals surface area contributed by atoms with Crippen LogP contribution in [0, 0.1) is 11.8 Å². The molecule has 1 fully saturated rings. The topological polar surface area (TPSA) is 89.9 Å². The SMILES string of the molecule is C=CCC(C1CO1)C(OCC(O)CO)(C(C)C)[Si](OC)(OC)OC. The molecule has 2 N–H and O–H groups in total. The van der Waals surface area contributed by atoms with Gasteiger partial charge in [0.2, 0.25) is 0 Å². The minimum atomic E-state index is -3.31. The molecule has 0 bridgehead atoms. The predicted molar refractivity (Wildman–Crippen MR) is 91.4 cm³/mol. The van der Waals surface area contributed by atoms with E-state index in [4.69, 9.17) is 27.9 Å². The van der Waals surface area contributed by atoms with Crippen LogP contribution in [0.15, 0.2) is 12.7 Å². The third-order valence-electron chi connectivity index (χ3n) is 4.65. The van der Waals surface area contributed by atoms with Gasteiger partial charge >= 0.3 is 8.80 Å². The molecule has 1 heterocycles. The minimum Gasteiger partial charge on any atom is -0.394 e. The average Bonchev–Trinajstić information content (AvgIpc) is 3.41. The van der Waals surface area contributed by atoms with Crippen LogP contribution in [0.3, 0.4) is 0 Å². The minimum absolute atomic E-state index is 0.0102. The highest BCUT2D eigenvalue weighted by Gasteiger charge is 2.69. The van der Waals surface area contributed by atoms with Gasteiger partial charge in [0, 0.05) is 27.2 Å². The molecule has 7 nitrogen and oxygen atoms in total. The Morgan fingerprint density at radius 2 is 1.83 bits per heavy atom. The maximum absolute atomic E-state index is 9.82. The number of rotatable bonds is 13. The van der Waals surface area contributed by atoms with E-state index in [1.165, 1.54) is 0 Å². The lowest BCUT2D eigenvalue weighted by Gasteiger charge is -2.50. The van der Waals surface area contributed by atoms with Gasteiger partial charge in [-0.05, 0) is 12.3 Å². The lowest BCUT2D eigenvalue weighted by Crippen LogP contribution is -2.72. The summed E-state index contributed by atoms with van der Waals surface area (Å²) in [5, 5.41) is 18.0. The van der Waals surface area contributed by atoms with Gasteiger partial charge in [-0.1, -0.05) is 19.9 Å². The van der Waals surface area contributed by atoms with Crippen molar-refractivity contribution in [1.82, 2.24) is 0 Å². The van der Waals surface area contributed by atoms with Crippen LogP contribution >= 0.6 is 0 Å². The highest BCUT2D eigenvalue weighted by Crippen LogP contribution is 2.46. The van der Waals surface area contributed by atoms with Gasteiger partial charge in [0.15, 0.2) is 0 Å². The Kier molecular flexibility index (Phi) is 8.50. The molecule has 142 valence electrons. The van der Waals surface area contributed by atoms with Gasteiger partial charge in [-0.25, -0.2) is 0 Å². The first kappa shape index (κ1) is 21.7. The van der Waals surface area contributed by atoms with Crippen LogP contribution in [0.4, 0.5) is 0 Å². The van der Waals surface area contributed by atoms with E-state index in [1.54, 1.807) is 21.3 Å². The maximum atomic E-state index is 9.82. The number of allylic oxidation sites excluding steroid dienone is 1. The fourth-order valence-electron chi connectivity index (χ4n) is 3.46. The Morgan fingerprint density at radius 3 is 2.17 bits per heavy atom. The molecule has 4 atom stereocenters. The van der Waals surface area contributed by atoms with Crippen LogP contribution in [0.2, 0.25) is 0 Å². The van der Waals surface area contributed by atoms with Crippen molar-refractivity contribution >= 4 is 8.80 Å². The molecule has 8 heteroatoms. The zero-order valence-electron chi connectivity index (χ0n) is 15.4. The molecule has 1 aliphatic heterocycles. The summed E-state index contributed by atoms with van der Waals surface area (Å²) >= 11 is 0. The van der Waals surface area contributed by atoms with Crippen molar-refractivity contribution in [1.29, 1.82) is 0 Å². The Hall–Kier alpha value is -0.323. The number of ether oxygens (including phenoxy) is 2. The molecule has 1 aliphatic rings. The third kappa shape index (κ3) is 4.08. The summed E-state index contributed by atoms with van der Waals surface area (Å²) in [6.07, 6.45) is 1.44. The molecule has 0 aromatic carbocycles. The highest BCUT2D eigenvalue weighted by atomic mass is 28.4. The number of hydrogen-bond acceptors (Lipinski definition) is 7. The van der Waals surface area contributed by atoms with E-state index in [1.807, 2.05) is 19.9 Å². The lowest BCUT2D eigenvalue weighted by molar-refractivity contribution is -0.141. The first-order valence-corrected chi connectivity index (χ1v) is 9.92. The van der Waals surface area contributed by atoms with Crippen molar-refractivity contribution in [3.63, 3.8) is 0 Å². The number of epoxide rings is 1. The summed E-state index contributed by atoms with van der Waals surface area (Å²) in [4.78, 5) is 0. The molecule has 0 radical (unpaired) electrons. The molecule has 4 unspecified atom stereocenters. The quantitative estimate of drug-likeness (QED) is 0.283. The standard InChI is InChI=1S/C16H32O7Si/c1-7-8-14(15-11-22-15)16(12(2)3,23-10-13(18)9-17)24(19-4,20-5)21-6/h7,12-15,17-18H,1,8-11H2,2-6H3. The molecule has 1 saturated heterocycles. The van der Waals surface area contributed by atoms with E-state index in [0.29, 0.717) is 13.0 Å². The van der Waals surface area contributed by atoms with E-state index in [0.717, 1.165) is 0 Å². The average molecular weight is 365 g/mol. The summed E-state index contributed by atoms with van der Waals surface area (Å²) in [7, 11) is 1.32. The zero-order valence-corrected chi connectivity index (χ0v) is 16.4. The first-order chi connectivity index (χ1) is 11.4. The van der Waals surface area contributed by atoms with Crippen LogP contribution in [-0.4, -0.2) is 77.6 Å². The molecular weight excluding hydrogens is 332 g/mol. The van der Waals surface area contributed by atoms with Crippen molar-refractivity contribution in [2.45, 2.75) is 37.7 Å².